The summed E-state index contributed by atoms with van der Waals surface area (Å²) >= 11 is 0. The molecular formula is C31H49N3O2. The van der Waals surface area contributed by atoms with Crippen LogP contribution in [0.5, 0.6) is 0 Å². The van der Waals surface area contributed by atoms with E-state index in [9.17, 15) is 4.79 Å². The molecule has 1 fully saturated rings. The smallest absolute Gasteiger partial charge is 0.209 e. The van der Waals surface area contributed by atoms with Gasteiger partial charge < -0.3 is 19.9 Å². The van der Waals surface area contributed by atoms with Crippen molar-refractivity contribution in [2.45, 2.75) is 67.0 Å². The molecule has 0 spiro atoms. The number of hydrogen-bond acceptors (Lipinski definition) is 4. The van der Waals surface area contributed by atoms with Crippen molar-refractivity contribution in [3.63, 3.8) is 0 Å². The standard InChI is InChI=1S/C21H33N3O.C8H10O.C2H6/c1-5-21(24-11-7-6-8-12-24)20(15-17(2)3)22-18(4)19-9-13-23(16-25)14-10-19;1-9-7-8-5-3-2-4-6-8;1-2/h5-8,11,15-19,22H,9-10,12-14H2,1-4H3;2-6H,7H2,1H3;1-2H3/b20-15+,21-5+;;. The first-order chi connectivity index (χ1) is 17.5. The number of likely N-dealkylation sites (tertiary alicyclic amines) is 1. The average molecular weight is 496 g/mol. The molecule has 3 rings (SSSR count). The lowest BCUT2D eigenvalue weighted by atomic mass is 9.90. The highest BCUT2D eigenvalue weighted by Crippen LogP contribution is 2.24. The minimum Gasteiger partial charge on any atom is -0.381 e. The number of nitrogens with zero attached hydrogens (tertiary/aromatic N) is 2. The molecule has 2 aliphatic heterocycles. The Morgan fingerprint density at radius 1 is 1.11 bits per heavy atom. The lowest BCUT2D eigenvalue weighted by Gasteiger charge is -2.35. The van der Waals surface area contributed by atoms with Crippen LogP contribution < -0.4 is 5.32 Å². The third-order valence-electron chi connectivity index (χ3n) is 6.14. The molecule has 0 saturated carbocycles. The predicted molar refractivity (Wildman–Crippen MR) is 153 cm³/mol. The average Bonchev–Trinajstić information content (AvgIpc) is 2.92. The number of benzene rings is 1. The van der Waals surface area contributed by atoms with Gasteiger partial charge in [0.2, 0.25) is 6.41 Å². The zero-order valence-corrected chi connectivity index (χ0v) is 23.6. The Balaban J connectivity index is 0.000000491. The molecule has 0 aromatic heterocycles. The molecule has 1 atom stereocenters. The van der Waals surface area contributed by atoms with Crippen molar-refractivity contribution < 1.29 is 9.53 Å². The third-order valence-corrected chi connectivity index (χ3v) is 6.14. The molecule has 1 saturated heterocycles. The van der Waals surface area contributed by atoms with E-state index in [0.717, 1.165) is 38.9 Å². The summed E-state index contributed by atoms with van der Waals surface area (Å²) in [4.78, 5) is 15.1. The van der Waals surface area contributed by atoms with Gasteiger partial charge in [0.05, 0.1) is 18.0 Å². The van der Waals surface area contributed by atoms with E-state index >= 15 is 0 Å². The van der Waals surface area contributed by atoms with Gasteiger partial charge in [-0.1, -0.05) is 82.3 Å². The summed E-state index contributed by atoms with van der Waals surface area (Å²) in [5.41, 5.74) is 3.66. The molecule has 0 aliphatic carbocycles. The van der Waals surface area contributed by atoms with Gasteiger partial charge in [0.25, 0.3) is 0 Å². The fourth-order valence-electron chi connectivity index (χ4n) is 4.29. The summed E-state index contributed by atoms with van der Waals surface area (Å²) in [6, 6.07) is 10.5. The first-order valence-corrected chi connectivity index (χ1v) is 13.5. The number of ether oxygens (including phenoxy) is 1. The van der Waals surface area contributed by atoms with Crippen molar-refractivity contribution in [3.8, 4) is 0 Å². The second-order valence-electron chi connectivity index (χ2n) is 9.25. The van der Waals surface area contributed by atoms with Gasteiger partial charge >= 0.3 is 0 Å². The van der Waals surface area contributed by atoms with Crippen molar-refractivity contribution in [2.24, 2.45) is 11.8 Å². The maximum absolute atomic E-state index is 10.9. The lowest BCUT2D eigenvalue weighted by molar-refractivity contribution is -0.119. The number of carbonyl (C=O) groups is 1. The fraction of sp³-hybridized carbons (Fsp3) is 0.516. The molecule has 0 bridgehead atoms. The van der Waals surface area contributed by atoms with Crippen molar-refractivity contribution in [3.05, 3.63) is 83.9 Å². The van der Waals surface area contributed by atoms with Crippen LogP contribution in [0.4, 0.5) is 0 Å². The van der Waals surface area contributed by atoms with E-state index in [-0.39, 0.29) is 0 Å². The molecule has 36 heavy (non-hydrogen) atoms. The Morgan fingerprint density at radius 2 is 1.78 bits per heavy atom. The number of rotatable bonds is 9. The van der Waals surface area contributed by atoms with E-state index in [0.29, 0.717) is 24.5 Å². The lowest BCUT2D eigenvalue weighted by Crippen LogP contribution is -2.42. The van der Waals surface area contributed by atoms with E-state index in [1.165, 1.54) is 17.0 Å². The van der Waals surface area contributed by atoms with Crippen molar-refractivity contribution in [1.29, 1.82) is 0 Å². The van der Waals surface area contributed by atoms with Crippen LogP contribution in [0.15, 0.2) is 78.3 Å². The molecule has 200 valence electrons. The Morgan fingerprint density at radius 3 is 2.28 bits per heavy atom. The van der Waals surface area contributed by atoms with Crippen molar-refractivity contribution in [1.82, 2.24) is 15.1 Å². The quantitative estimate of drug-likeness (QED) is 0.313. The highest BCUT2D eigenvalue weighted by atomic mass is 16.5. The van der Waals surface area contributed by atoms with Crippen LogP contribution in [0.25, 0.3) is 0 Å². The summed E-state index contributed by atoms with van der Waals surface area (Å²) in [5, 5.41) is 3.79. The zero-order valence-electron chi connectivity index (χ0n) is 23.6. The van der Waals surface area contributed by atoms with E-state index < -0.39 is 0 Å². The van der Waals surface area contributed by atoms with Crippen LogP contribution in [0.1, 0.15) is 59.9 Å². The van der Waals surface area contributed by atoms with Crippen LogP contribution in [0.2, 0.25) is 0 Å². The highest BCUT2D eigenvalue weighted by Gasteiger charge is 2.24. The second-order valence-corrected chi connectivity index (χ2v) is 9.25. The summed E-state index contributed by atoms with van der Waals surface area (Å²) < 4.78 is 4.93. The Kier molecular flexibility index (Phi) is 16.0. The van der Waals surface area contributed by atoms with Gasteiger partial charge in [-0.05, 0) is 50.2 Å². The Labute approximate surface area is 220 Å². The molecule has 1 N–H and O–H groups in total. The molecule has 2 aliphatic rings. The molecule has 5 nitrogen and oxygen atoms in total. The minimum absolute atomic E-state index is 0.387. The molecule has 1 amide bonds. The number of allylic oxidation sites excluding steroid dienone is 4. The largest absolute Gasteiger partial charge is 0.381 e. The number of piperidine rings is 1. The zero-order chi connectivity index (χ0) is 26.8. The maximum Gasteiger partial charge on any atom is 0.209 e. The summed E-state index contributed by atoms with van der Waals surface area (Å²) in [5.74, 6) is 1.08. The van der Waals surface area contributed by atoms with Crippen LogP contribution >= 0.6 is 0 Å². The van der Waals surface area contributed by atoms with Crippen LogP contribution in [0.3, 0.4) is 0 Å². The minimum atomic E-state index is 0.387. The Hall–Kier alpha value is -2.79. The first-order valence-electron chi connectivity index (χ1n) is 13.5. The number of methoxy groups -OCH3 is 1. The maximum atomic E-state index is 10.9. The van der Waals surface area contributed by atoms with Crippen LogP contribution in [0, 0.1) is 11.8 Å². The van der Waals surface area contributed by atoms with E-state index in [1.54, 1.807) is 7.11 Å². The van der Waals surface area contributed by atoms with Gasteiger partial charge in [-0.15, -0.1) is 0 Å². The third kappa shape index (κ3) is 11.3. The summed E-state index contributed by atoms with van der Waals surface area (Å²) in [6.45, 7) is 16.2. The van der Waals surface area contributed by atoms with E-state index in [2.05, 4.69) is 74.5 Å². The number of hydrogen-bond donors (Lipinski definition) is 1. The summed E-state index contributed by atoms with van der Waals surface area (Å²) in [6.07, 6.45) is 16.1. The van der Waals surface area contributed by atoms with Crippen LogP contribution in [-0.2, 0) is 16.1 Å². The number of nitrogens with one attached hydrogen (secondary N) is 1. The van der Waals surface area contributed by atoms with E-state index in [1.807, 2.05) is 49.1 Å². The molecule has 1 aromatic carbocycles. The highest BCUT2D eigenvalue weighted by molar-refractivity contribution is 5.47. The SMILES string of the molecule is C/C=C(\C(=C/C(C)C)NC(C)C1CCN(C=O)CC1)N1C=CC=CC1.CC.COCc1ccccc1. The Bertz CT molecular complexity index is 835. The molecule has 5 heteroatoms. The number of carbonyl (C=O) groups excluding carboxylic acids is 1. The topological polar surface area (TPSA) is 44.8 Å². The second kappa shape index (κ2) is 18.5. The van der Waals surface area contributed by atoms with Gasteiger partial charge in [-0.25, -0.2) is 0 Å². The first kappa shape index (κ1) is 31.2. The van der Waals surface area contributed by atoms with Crippen molar-refractivity contribution in [2.75, 3.05) is 26.7 Å². The summed E-state index contributed by atoms with van der Waals surface area (Å²) in [7, 11) is 1.70. The van der Waals surface area contributed by atoms with Crippen LogP contribution in [-0.4, -0.2) is 49.0 Å². The predicted octanol–water partition coefficient (Wildman–Crippen LogP) is 6.52. The monoisotopic (exact) mass is 495 g/mol. The number of amides is 1. The van der Waals surface area contributed by atoms with Gasteiger partial charge in [-0.3, -0.25) is 4.79 Å². The normalized spacial score (nSPS) is 17.1. The van der Waals surface area contributed by atoms with Crippen molar-refractivity contribution >= 4 is 6.41 Å². The van der Waals surface area contributed by atoms with E-state index in [4.69, 9.17) is 4.74 Å². The molecule has 1 aromatic rings. The fourth-order valence-corrected chi connectivity index (χ4v) is 4.29. The van der Waals surface area contributed by atoms with Gasteiger partial charge in [-0.2, -0.15) is 0 Å². The molecule has 1 unspecified atom stereocenters. The van der Waals surface area contributed by atoms with Gasteiger partial charge in [0.15, 0.2) is 0 Å². The molecule has 2 heterocycles. The van der Waals surface area contributed by atoms with Gasteiger partial charge in [0, 0.05) is 39.0 Å². The van der Waals surface area contributed by atoms with Gasteiger partial charge in [0.1, 0.15) is 0 Å². The molecular weight excluding hydrogens is 446 g/mol. The molecule has 0 radical (unpaired) electrons.